The molecule has 0 radical (unpaired) electrons. The van der Waals surface area contributed by atoms with Crippen LogP contribution in [-0.4, -0.2) is 18.8 Å². The molecule has 0 amide bonds. The molecule has 0 heterocycles. The Morgan fingerprint density at radius 2 is 1.85 bits per heavy atom. The predicted octanol–water partition coefficient (Wildman–Crippen LogP) is 5.03. The van der Waals surface area contributed by atoms with Gasteiger partial charge in [-0.2, -0.15) is 0 Å². The molecule has 0 saturated heterocycles. The van der Waals surface area contributed by atoms with E-state index in [0.29, 0.717) is 6.04 Å². The summed E-state index contributed by atoms with van der Waals surface area (Å²) in [6.07, 6.45) is 1.01. The van der Waals surface area contributed by atoms with Crippen LogP contribution in [0.5, 0.6) is 0 Å². The summed E-state index contributed by atoms with van der Waals surface area (Å²) in [6.45, 7) is 0. The van der Waals surface area contributed by atoms with E-state index in [1.165, 1.54) is 10.5 Å². The van der Waals surface area contributed by atoms with Gasteiger partial charge in [-0.1, -0.05) is 35.9 Å². The van der Waals surface area contributed by atoms with Crippen molar-refractivity contribution in [1.29, 1.82) is 0 Å². The van der Waals surface area contributed by atoms with Gasteiger partial charge in [0.1, 0.15) is 0 Å². The lowest BCUT2D eigenvalue weighted by atomic mass is 10.1. The first-order valence-corrected chi connectivity index (χ1v) is 8.63. The van der Waals surface area contributed by atoms with E-state index in [9.17, 15) is 0 Å². The molecular weight excluding hydrogens is 354 g/mol. The van der Waals surface area contributed by atoms with Crippen LogP contribution in [0.3, 0.4) is 0 Å². The minimum Gasteiger partial charge on any atom is -0.316 e. The van der Waals surface area contributed by atoms with Crippen molar-refractivity contribution in [3.63, 3.8) is 0 Å². The fraction of sp³-hybridized carbons (Fsp3) is 0.250. The maximum atomic E-state index is 5.92. The SMILES string of the molecule is CNC(CSc1ccccc1Br)Cc1ccc(Cl)cc1. The lowest BCUT2D eigenvalue weighted by Gasteiger charge is -2.16. The van der Waals surface area contributed by atoms with E-state index in [4.69, 9.17) is 11.6 Å². The summed E-state index contributed by atoms with van der Waals surface area (Å²) in [4.78, 5) is 1.28. The zero-order valence-electron chi connectivity index (χ0n) is 11.3. The van der Waals surface area contributed by atoms with Crippen molar-refractivity contribution >= 4 is 39.3 Å². The van der Waals surface area contributed by atoms with Crippen LogP contribution >= 0.6 is 39.3 Å². The Balaban J connectivity index is 1.92. The van der Waals surface area contributed by atoms with Crippen LogP contribution in [0, 0.1) is 0 Å². The Kier molecular flexibility index (Phi) is 6.43. The molecular formula is C16H17BrClNS. The van der Waals surface area contributed by atoms with Gasteiger partial charge in [-0.05, 0) is 59.2 Å². The van der Waals surface area contributed by atoms with Gasteiger partial charge in [0.15, 0.2) is 0 Å². The van der Waals surface area contributed by atoms with Gasteiger partial charge in [0.25, 0.3) is 0 Å². The number of benzene rings is 2. The molecule has 2 rings (SSSR count). The minimum absolute atomic E-state index is 0.438. The third-order valence-electron chi connectivity index (χ3n) is 3.08. The minimum atomic E-state index is 0.438. The van der Waals surface area contributed by atoms with Crippen LogP contribution in [-0.2, 0) is 6.42 Å². The third kappa shape index (κ3) is 4.81. The van der Waals surface area contributed by atoms with E-state index in [1.54, 1.807) is 0 Å². The quantitative estimate of drug-likeness (QED) is 0.716. The summed E-state index contributed by atoms with van der Waals surface area (Å²) in [5.74, 6) is 1.03. The highest BCUT2D eigenvalue weighted by atomic mass is 79.9. The maximum absolute atomic E-state index is 5.92. The van der Waals surface area contributed by atoms with E-state index in [0.717, 1.165) is 21.7 Å². The first-order chi connectivity index (χ1) is 9.69. The average Bonchev–Trinajstić information content (AvgIpc) is 2.47. The number of hydrogen-bond acceptors (Lipinski definition) is 2. The third-order valence-corrected chi connectivity index (χ3v) is 5.52. The molecule has 1 atom stereocenters. The van der Waals surface area contributed by atoms with E-state index in [2.05, 4.69) is 51.6 Å². The molecule has 0 aliphatic heterocycles. The highest BCUT2D eigenvalue weighted by molar-refractivity contribution is 9.10. The number of rotatable bonds is 6. The van der Waals surface area contributed by atoms with E-state index < -0.39 is 0 Å². The molecule has 0 spiro atoms. The number of nitrogens with one attached hydrogen (secondary N) is 1. The molecule has 2 aromatic rings. The smallest absolute Gasteiger partial charge is 0.0406 e. The molecule has 0 bridgehead atoms. The highest BCUT2D eigenvalue weighted by Gasteiger charge is 2.09. The fourth-order valence-electron chi connectivity index (χ4n) is 1.90. The van der Waals surface area contributed by atoms with Crippen molar-refractivity contribution in [3.05, 3.63) is 63.6 Å². The van der Waals surface area contributed by atoms with Crippen molar-refractivity contribution in [1.82, 2.24) is 5.32 Å². The molecule has 1 unspecified atom stereocenters. The number of likely N-dealkylation sites (N-methyl/N-ethyl adjacent to an activating group) is 1. The van der Waals surface area contributed by atoms with Gasteiger partial charge in [0, 0.05) is 26.2 Å². The van der Waals surface area contributed by atoms with Crippen LogP contribution in [0.2, 0.25) is 5.02 Å². The monoisotopic (exact) mass is 369 g/mol. The van der Waals surface area contributed by atoms with Gasteiger partial charge < -0.3 is 5.32 Å². The Morgan fingerprint density at radius 1 is 1.15 bits per heavy atom. The fourth-order valence-corrected chi connectivity index (χ4v) is 3.70. The van der Waals surface area contributed by atoms with Crippen LogP contribution in [0.15, 0.2) is 57.9 Å². The zero-order valence-corrected chi connectivity index (χ0v) is 14.4. The number of thioether (sulfide) groups is 1. The van der Waals surface area contributed by atoms with E-state index in [1.807, 2.05) is 37.0 Å². The Bertz CT molecular complexity index is 544. The van der Waals surface area contributed by atoms with Gasteiger partial charge in [0.05, 0.1) is 0 Å². The summed E-state index contributed by atoms with van der Waals surface area (Å²) < 4.78 is 1.16. The predicted molar refractivity (Wildman–Crippen MR) is 92.9 cm³/mol. The van der Waals surface area contributed by atoms with E-state index in [-0.39, 0.29) is 0 Å². The second-order valence-corrected chi connectivity index (χ2v) is 6.91. The number of hydrogen-bond donors (Lipinski definition) is 1. The van der Waals surface area contributed by atoms with Gasteiger partial charge in [0.2, 0.25) is 0 Å². The van der Waals surface area contributed by atoms with Crippen molar-refractivity contribution in [3.8, 4) is 0 Å². The molecule has 1 nitrogen and oxygen atoms in total. The molecule has 0 aromatic heterocycles. The second-order valence-electron chi connectivity index (χ2n) is 4.56. The average molecular weight is 371 g/mol. The molecule has 0 aliphatic rings. The van der Waals surface area contributed by atoms with Crippen LogP contribution < -0.4 is 5.32 Å². The maximum Gasteiger partial charge on any atom is 0.0406 e. The number of halogens is 2. The van der Waals surface area contributed by atoms with Crippen molar-refractivity contribution < 1.29 is 0 Å². The zero-order chi connectivity index (χ0) is 14.4. The topological polar surface area (TPSA) is 12.0 Å². The van der Waals surface area contributed by atoms with Crippen molar-refractivity contribution in [2.24, 2.45) is 0 Å². The van der Waals surface area contributed by atoms with Gasteiger partial charge in [-0.3, -0.25) is 0 Å². The Hall–Kier alpha value is -0.480. The molecule has 20 heavy (non-hydrogen) atoms. The standard InChI is InChI=1S/C16H17BrClNS/c1-19-14(10-12-6-8-13(18)9-7-12)11-20-16-5-3-2-4-15(16)17/h2-9,14,19H,10-11H2,1H3. The molecule has 0 fully saturated rings. The first kappa shape index (κ1) is 15.9. The molecule has 106 valence electrons. The Morgan fingerprint density at radius 3 is 2.50 bits per heavy atom. The van der Waals surface area contributed by atoms with Gasteiger partial charge >= 0.3 is 0 Å². The molecule has 0 saturated carbocycles. The summed E-state index contributed by atoms with van der Waals surface area (Å²) in [5.41, 5.74) is 1.31. The van der Waals surface area contributed by atoms with Gasteiger partial charge in [-0.25, -0.2) is 0 Å². The van der Waals surface area contributed by atoms with Crippen molar-refractivity contribution in [2.75, 3.05) is 12.8 Å². The normalized spacial score (nSPS) is 12.3. The lowest BCUT2D eigenvalue weighted by molar-refractivity contribution is 0.617. The summed E-state index contributed by atoms with van der Waals surface area (Å²) in [6, 6.07) is 16.9. The summed E-state index contributed by atoms with van der Waals surface area (Å²) >= 11 is 11.4. The molecule has 0 aliphatic carbocycles. The summed E-state index contributed by atoms with van der Waals surface area (Å²) in [5, 5.41) is 4.17. The molecule has 4 heteroatoms. The van der Waals surface area contributed by atoms with E-state index >= 15 is 0 Å². The van der Waals surface area contributed by atoms with Crippen LogP contribution in [0.25, 0.3) is 0 Å². The van der Waals surface area contributed by atoms with Crippen molar-refractivity contribution in [2.45, 2.75) is 17.4 Å². The highest BCUT2D eigenvalue weighted by Crippen LogP contribution is 2.27. The van der Waals surface area contributed by atoms with Gasteiger partial charge in [-0.15, -0.1) is 11.8 Å². The second kappa shape index (κ2) is 8.08. The lowest BCUT2D eigenvalue weighted by Crippen LogP contribution is -2.30. The Labute approximate surface area is 138 Å². The molecule has 1 N–H and O–H groups in total. The molecule has 2 aromatic carbocycles. The summed E-state index contributed by atoms with van der Waals surface area (Å²) in [7, 11) is 2.02. The van der Waals surface area contributed by atoms with Crippen LogP contribution in [0.1, 0.15) is 5.56 Å². The van der Waals surface area contributed by atoms with Crippen LogP contribution in [0.4, 0.5) is 0 Å². The first-order valence-electron chi connectivity index (χ1n) is 6.48. The largest absolute Gasteiger partial charge is 0.316 e.